The van der Waals surface area contributed by atoms with E-state index >= 15 is 0 Å². The number of nitrogens with one attached hydrogen (secondary N) is 1. The summed E-state index contributed by atoms with van der Waals surface area (Å²) < 4.78 is 15.8. The van der Waals surface area contributed by atoms with E-state index < -0.39 is 0 Å². The molecule has 1 heterocycles. The normalized spacial score (nSPS) is 16.5. The van der Waals surface area contributed by atoms with Crippen molar-refractivity contribution in [3.8, 4) is 17.2 Å². The minimum atomic E-state index is -0.179. The van der Waals surface area contributed by atoms with Gasteiger partial charge in [-0.1, -0.05) is 0 Å². The van der Waals surface area contributed by atoms with Crippen LogP contribution in [-0.2, 0) is 4.79 Å². The summed E-state index contributed by atoms with van der Waals surface area (Å²) in [6, 6.07) is 11.1. The van der Waals surface area contributed by atoms with Gasteiger partial charge in [0.2, 0.25) is 0 Å². The standard InChI is InChI=1S/C20H20N2O4S/c1-12-9-16(25-3)17(26-4)10-13(12)11-18-19(23)22-20(27-18)21-14-5-7-15(24-2)8-6-14/h5-11H,1-4H3,(H,21,22,23). The Hall–Kier alpha value is -2.93. The van der Waals surface area contributed by atoms with Gasteiger partial charge >= 0.3 is 0 Å². The van der Waals surface area contributed by atoms with Crippen LogP contribution in [0.2, 0.25) is 0 Å². The van der Waals surface area contributed by atoms with Crippen LogP contribution in [0.25, 0.3) is 6.08 Å². The van der Waals surface area contributed by atoms with E-state index in [-0.39, 0.29) is 5.91 Å². The number of thioether (sulfide) groups is 1. The van der Waals surface area contributed by atoms with Crippen molar-refractivity contribution in [1.82, 2.24) is 5.32 Å². The molecule has 0 aliphatic carbocycles. The number of rotatable bonds is 5. The summed E-state index contributed by atoms with van der Waals surface area (Å²) in [6.45, 7) is 1.96. The molecule has 1 saturated heterocycles. The molecule has 1 fully saturated rings. The zero-order valence-electron chi connectivity index (χ0n) is 15.5. The minimum Gasteiger partial charge on any atom is -0.497 e. The number of aryl methyl sites for hydroxylation is 1. The average molecular weight is 384 g/mol. The van der Waals surface area contributed by atoms with Gasteiger partial charge in [-0.3, -0.25) is 4.79 Å². The van der Waals surface area contributed by atoms with Gasteiger partial charge in [0.1, 0.15) is 5.75 Å². The van der Waals surface area contributed by atoms with Crippen LogP contribution in [0.3, 0.4) is 0 Å². The third-order valence-electron chi connectivity index (χ3n) is 4.01. The molecule has 1 N–H and O–H groups in total. The molecular weight excluding hydrogens is 364 g/mol. The molecule has 1 aliphatic rings. The van der Waals surface area contributed by atoms with Gasteiger partial charge in [0.15, 0.2) is 16.7 Å². The molecule has 1 aliphatic heterocycles. The molecule has 0 saturated carbocycles. The highest BCUT2D eigenvalue weighted by Gasteiger charge is 2.24. The van der Waals surface area contributed by atoms with Crippen LogP contribution in [0.4, 0.5) is 5.69 Å². The number of benzene rings is 2. The van der Waals surface area contributed by atoms with Crippen molar-refractivity contribution < 1.29 is 19.0 Å². The van der Waals surface area contributed by atoms with E-state index in [1.807, 2.05) is 49.4 Å². The number of hydrogen-bond donors (Lipinski definition) is 1. The van der Waals surface area contributed by atoms with Crippen molar-refractivity contribution in [1.29, 1.82) is 0 Å². The van der Waals surface area contributed by atoms with Gasteiger partial charge in [-0.2, -0.15) is 0 Å². The number of amides is 1. The smallest absolute Gasteiger partial charge is 0.264 e. The zero-order chi connectivity index (χ0) is 19.4. The van der Waals surface area contributed by atoms with Gasteiger partial charge in [0.25, 0.3) is 5.91 Å². The monoisotopic (exact) mass is 384 g/mol. The molecule has 2 aromatic carbocycles. The van der Waals surface area contributed by atoms with Crippen LogP contribution in [-0.4, -0.2) is 32.4 Å². The first-order valence-electron chi connectivity index (χ1n) is 8.20. The van der Waals surface area contributed by atoms with E-state index in [9.17, 15) is 4.79 Å². The summed E-state index contributed by atoms with van der Waals surface area (Å²) in [5.74, 6) is 1.85. The van der Waals surface area contributed by atoms with E-state index in [2.05, 4.69) is 10.3 Å². The number of nitrogens with zero attached hydrogens (tertiary/aromatic N) is 1. The zero-order valence-corrected chi connectivity index (χ0v) is 16.3. The Morgan fingerprint density at radius 3 is 2.30 bits per heavy atom. The number of carbonyl (C=O) groups excluding carboxylic acids is 1. The van der Waals surface area contributed by atoms with Gasteiger partial charge in [0, 0.05) is 0 Å². The summed E-state index contributed by atoms with van der Waals surface area (Å²) in [7, 11) is 4.79. The Morgan fingerprint density at radius 1 is 1.00 bits per heavy atom. The fourth-order valence-corrected chi connectivity index (χ4v) is 3.38. The lowest BCUT2D eigenvalue weighted by atomic mass is 10.1. The molecule has 1 amide bonds. The third kappa shape index (κ3) is 4.25. The Morgan fingerprint density at radius 2 is 1.67 bits per heavy atom. The van der Waals surface area contributed by atoms with Gasteiger partial charge in [0.05, 0.1) is 31.9 Å². The molecule has 0 radical (unpaired) electrons. The lowest BCUT2D eigenvalue weighted by molar-refractivity contribution is -0.115. The fraction of sp³-hybridized carbons (Fsp3) is 0.200. The quantitative estimate of drug-likeness (QED) is 0.792. The molecular formula is C20H20N2O4S. The lowest BCUT2D eigenvalue weighted by Crippen LogP contribution is -2.19. The van der Waals surface area contributed by atoms with Crippen LogP contribution in [0.5, 0.6) is 17.2 Å². The second-order valence-corrected chi connectivity index (χ2v) is 6.77. The second-order valence-electron chi connectivity index (χ2n) is 5.74. The van der Waals surface area contributed by atoms with Crippen molar-refractivity contribution >= 4 is 34.6 Å². The predicted octanol–water partition coefficient (Wildman–Crippen LogP) is 3.91. The molecule has 0 aromatic heterocycles. The number of carbonyl (C=O) groups is 1. The fourth-order valence-electron chi connectivity index (χ4n) is 2.55. The lowest BCUT2D eigenvalue weighted by Gasteiger charge is -2.10. The topological polar surface area (TPSA) is 69.2 Å². The van der Waals surface area contributed by atoms with Crippen molar-refractivity contribution in [2.45, 2.75) is 6.92 Å². The summed E-state index contributed by atoms with van der Waals surface area (Å²) in [5.41, 5.74) is 2.60. The SMILES string of the molecule is COc1ccc(N=C2NC(=O)C(=Cc3cc(OC)c(OC)cc3C)S2)cc1. The molecule has 2 aromatic rings. The Kier molecular flexibility index (Phi) is 5.71. The number of hydrogen-bond acceptors (Lipinski definition) is 6. The highest BCUT2D eigenvalue weighted by atomic mass is 32.2. The Bertz CT molecular complexity index is 920. The highest BCUT2D eigenvalue weighted by Crippen LogP contribution is 2.34. The number of methoxy groups -OCH3 is 3. The molecule has 6 nitrogen and oxygen atoms in total. The average Bonchev–Trinajstić information content (AvgIpc) is 3.02. The first-order chi connectivity index (χ1) is 13.0. The molecule has 0 unspecified atom stereocenters. The number of amidine groups is 1. The van der Waals surface area contributed by atoms with Gasteiger partial charge in [-0.05, 0) is 72.3 Å². The van der Waals surface area contributed by atoms with Crippen LogP contribution >= 0.6 is 11.8 Å². The van der Waals surface area contributed by atoms with E-state index in [0.29, 0.717) is 21.6 Å². The molecule has 7 heteroatoms. The molecule has 0 spiro atoms. The maximum Gasteiger partial charge on any atom is 0.264 e. The summed E-state index contributed by atoms with van der Waals surface area (Å²) in [6.07, 6.45) is 1.83. The number of ether oxygens (including phenoxy) is 3. The first kappa shape index (κ1) is 18.8. The van der Waals surface area contributed by atoms with E-state index in [4.69, 9.17) is 14.2 Å². The molecule has 3 rings (SSSR count). The highest BCUT2D eigenvalue weighted by molar-refractivity contribution is 8.18. The van der Waals surface area contributed by atoms with Crippen LogP contribution < -0.4 is 19.5 Å². The van der Waals surface area contributed by atoms with Gasteiger partial charge in [-0.25, -0.2) is 4.99 Å². The molecule has 0 bridgehead atoms. The predicted molar refractivity (Wildman–Crippen MR) is 108 cm³/mol. The Balaban J connectivity index is 1.85. The van der Waals surface area contributed by atoms with Crippen molar-refractivity contribution in [3.05, 3.63) is 52.4 Å². The van der Waals surface area contributed by atoms with E-state index in [1.165, 1.54) is 11.8 Å². The molecule has 140 valence electrons. The van der Waals surface area contributed by atoms with Crippen molar-refractivity contribution in [3.63, 3.8) is 0 Å². The molecule has 0 atom stereocenters. The third-order valence-corrected chi connectivity index (χ3v) is 4.92. The maximum atomic E-state index is 12.3. The van der Waals surface area contributed by atoms with Gasteiger partial charge in [-0.15, -0.1) is 0 Å². The van der Waals surface area contributed by atoms with Crippen LogP contribution in [0.15, 0.2) is 46.3 Å². The second kappa shape index (κ2) is 8.18. The summed E-state index contributed by atoms with van der Waals surface area (Å²) in [4.78, 5) is 17.3. The van der Waals surface area contributed by atoms with Crippen molar-refractivity contribution in [2.75, 3.05) is 21.3 Å². The minimum absolute atomic E-state index is 0.179. The molecule has 27 heavy (non-hydrogen) atoms. The van der Waals surface area contributed by atoms with Crippen LogP contribution in [0, 0.1) is 6.92 Å². The largest absolute Gasteiger partial charge is 0.497 e. The number of aliphatic imine (C=N–C) groups is 1. The summed E-state index contributed by atoms with van der Waals surface area (Å²) in [5, 5.41) is 3.33. The van der Waals surface area contributed by atoms with E-state index in [1.54, 1.807) is 21.3 Å². The maximum absolute atomic E-state index is 12.3. The van der Waals surface area contributed by atoms with Crippen LogP contribution in [0.1, 0.15) is 11.1 Å². The van der Waals surface area contributed by atoms with Crippen molar-refractivity contribution in [2.24, 2.45) is 4.99 Å². The summed E-state index contributed by atoms with van der Waals surface area (Å²) >= 11 is 1.30. The first-order valence-corrected chi connectivity index (χ1v) is 9.02. The Labute approximate surface area is 162 Å². The van der Waals surface area contributed by atoms with E-state index in [0.717, 1.165) is 22.6 Å². The van der Waals surface area contributed by atoms with Gasteiger partial charge < -0.3 is 19.5 Å².